The third kappa shape index (κ3) is 19.8. The van der Waals surface area contributed by atoms with Crippen molar-refractivity contribution >= 4 is 72.7 Å². The zero-order valence-electron chi connectivity index (χ0n) is 101. The van der Waals surface area contributed by atoms with Crippen molar-refractivity contribution in [3.63, 3.8) is 0 Å². The van der Waals surface area contributed by atoms with Crippen LogP contribution < -0.4 is 0 Å². The van der Waals surface area contributed by atoms with Crippen LogP contribution in [0.2, 0.25) is 136 Å². The van der Waals surface area contributed by atoms with Crippen molar-refractivity contribution in [2.24, 2.45) is 0 Å². The number of hydrogen-bond acceptors (Lipinski definition) is 0. The van der Waals surface area contributed by atoms with Crippen LogP contribution in [0.25, 0.3) is 0 Å². The Bertz CT molecular complexity index is 2260. The molecule has 0 aliphatic carbocycles. The molecule has 0 aliphatic rings. The maximum absolute atomic E-state index is 2.68. The Kier molecular flexibility index (Phi) is 37.5. The Balaban J connectivity index is -0.000000845. The molecule has 0 aromatic rings. The van der Waals surface area contributed by atoms with Crippen molar-refractivity contribution in [2.75, 3.05) is 0 Å². The molecule has 0 saturated heterocycles. The van der Waals surface area contributed by atoms with E-state index in [-0.39, 0.29) is 153 Å². The topological polar surface area (TPSA) is 0 Å². The first-order valence-corrected chi connectivity index (χ1v) is 67.5. The molecule has 0 fully saturated rings. The van der Waals surface area contributed by atoms with Crippen molar-refractivity contribution in [3.05, 3.63) is 14.4 Å². The van der Waals surface area contributed by atoms with E-state index < -0.39 is 72.7 Å². The van der Waals surface area contributed by atoms with E-state index in [1.165, 1.54) is 0 Å². The smallest absolute Gasteiger partial charge is 0.304 e. The fraction of sp³-hybridized carbons (Fsp3) is 0.973. The summed E-state index contributed by atoms with van der Waals surface area (Å²) in [5.41, 5.74) is 0. The molecule has 0 aliphatic heterocycles. The van der Waals surface area contributed by atoms with Gasteiger partial charge in [0.15, 0.2) is 0 Å². The Morgan fingerprint density at radius 3 is 0.116 bits per heavy atom. The van der Waals surface area contributed by atoms with E-state index >= 15 is 0 Å². The maximum Gasteiger partial charge on any atom is 6.00 e. The minimum Gasteiger partial charge on any atom is -0.304 e. The summed E-state index contributed by atoms with van der Waals surface area (Å²) in [6.45, 7) is 217. The van der Waals surface area contributed by atoms with Gasteiger partial charge in [-0.15, -0.1) is 0 Å². The summed E-state index contributed by atoms with van der Waals surface area (Å²) in [4.78, 5) is 6.75. The normalized spacial score (nSPS) is 17.0. The van der Waals surface area contributed by atoms with Gasteiger partial charge in [0.05, 0.1) is 0 Å². The minimum atomic E-state index is -2.42. The van der Waals surface area contributed by atoms with Crippen LogP contribution >= 0.6 is 0 Å². The van der Waals surface area contributed by atoms with E-state index in [4.69, 9.17) is 0 Å². The van der Waals surface area contributed by atoms with E-state index in [1.807, 2.05) is 0 Å². The van der Waals surface area contributed by atoms with Gasteiger partial charge in [0.1, 0.15) is 0 Å². The molecule has 0 saturated carbocycles. The molecular weight excluding hydrogens is 1640 g/mol. The van der Waals surface area contributed by atoms with Gasteiger partial charge in [0, 0.05) is 0 Å². The van der Waals surface area contributed by atoms with Crippen LogP contribution in [-0.4, -0.2) is 72.7 Å². The molecule has 0 amide bonds. The average molecular weight is 1880 g/mol. The Morgan fingerprint density at radius 1 is 0.0744 bits per heavy atom. The maximum atomic E-state index is 2.68. The van der Waals surface area contributed by atoms with Gasteiger partial charge in [-0.25, -0.2) is 0 Å². The van der Waals surface area contributed by atoms with Crippen LogP contribution in [0.5, 0.6) is 0 Å². The van der Waals surface area contributed by atoms with Crippen LogP contribution in [0.4, 0.5) is 0 Å². The zero-order chi connectivity index (χ0) is 101. The van der Waals surface area contributed by atoms with Gasteiger partial charge in [-0.05, 0) is 0 Å². The summed E-state index contributed by atoms with van der Waals surface area (Å²) in [7, 11) is -21.8. The predicted molar refractivity (Wildman–Crippen MR) is 594 cm³/mol. The quantitative estimate of drug-likeness (QED) is 0.159. The molecule has 0 heterocycles. The number of rotatable bonds is 9. The monoisotopic (exact) mass is 1880 g/mol. The SMILES string of the molecule is CC(C)(C)[Si]([C-]([Si](C(C)(C)C)(C(C)(C)C)C(C)(C)C)[Si](C(C)(C)C)(C(C)(C)C)C(C)(C)C)(C(C)(C)C)C(C)(C)C.CC(C)(C)[Si]([C-]([Si](C(C)(C)C)(C(C)(C)C)C(C)(C)C)[Si](C(C)(C)C)(C(C)(C)C)C(C)(C)C)(C(C)(C)C)C(C)(C)C.CC(C)(C)[Si]([C-]([Si](C(C)(C)C)(C(C)(C)C)C(C)(C)C)[Si](C(C)(C)C)(C(C)(C)C)C(C)(C)C)(C(C)(C)C)C(C)(C)C.[Cr+6]. The van der Waals surface area contributed by atoms with Gasteiger partial charge in [-0.2, -0.15) is 0 Å². The molecule has 0 N–H and O–H groups in total. The fourth-order valence-electron chi connectivity index (χ4n) is 43.0. The molecule has 0 aromatic heterocycles. The molecule has 0 aromatic carbocycles. The first-order valence-electron chi connectivity index (χ1n) is 49.5. The third-order valence-corrected chi connectivity index (χ3v) is 122. The fourth-order valence-corrected chi connectivity index (χ4v) is 205. The predicted octanol–water partition coefficient (Wildman–Crippen LogP) is 44.2. The summed E-state index contributed by atoms with van der Waals surface area (Å²) in [6, 6.07) is 0. The molecule has 0 bridgehead atoms. The molecule has 0 radical (unpaired) electrons. The first kappa shape index (κ1) is 130. The standard InChI is InChI=1S/3C37H81Si3.Cr/c3*1-29(2,3)38(30(4,5)6,31(7,8)9)28(39(32(10,11)12,33(13,14)15)34(16,17)18)40(35(19,20)21,36(22,23)24)37(25,26)27;/h3*1-27H3;/q3*-1;+6. The van der Waals surface area contributed by atoms with Gasteiger partial charge < -0.3 is 14.4 Å². The van der Waals surface area contributed by atoms with Gasteiger partial charge in [-0.3, -0.25) is 0 Å². The second-order valence-corrected chi connectivity index (χ2v) is 132. The Labute approximate surface area is 794 Å². The first-order chi connectivity index (χ1) is 49.8. The van der Waals surface area contributed by atoms with Gasteiger partial charge in [0.2, 0.25) is 0 Å². The Morgan fingerprint density at radius 2 is 0.0992 bits per heavy atom. The van der Waals surface area contributed by atoms with Gasteiger partial charge in [0.25, 0.3) is 0 Å². The second-order valence-electron chi connectivity index (χ2n) is 68.6. The second kappa shape index (κ2) is 34.9. The van der Waals surface area contributed by atoms with Crippen LogP contribution in [-0.2, 0) is 17.4 Å². The molecule has 0 atom stereocenters. The molecule has 726 valence electrons. The molecule has 0 unspecified atom stereocenters. The minimum absolute atomic E-state index is 0. The Hall–Kier alpha value is 2.48. The van der Waals surface area contributed by atoms with Gasteiger partial charge >= 0.3 is 17.4 Å². The molecule has 0 nitrogen and oxygen atoms in total. The van der Waals surface area contributed by atoms with Crippen molar-refractivity contribution < 1.29 is 17.4 Å². The van der Waals surface area contributed by atoms with Gasteiger partial charge in [-0.1, -0.05) is 770 Å². The van der Waals surface area contributed by atoms with E-state index in [1.54, 1.807) is 0 Å². The summed E-state index contributed by atoms with van der Waals surface area (Å²) in [5.74, 6) is 0. The average Bonchev–Trinajstić information content (AvgIpc) is 0.652. The number of hydrogen-bond donors (Lipinski definition) is 0. The van der Waals surface area contributed by atoms with Crippen molar-refractivity contribution in [3.8, 4) is 0 Å². The molecular formula is C111H243CrSi9+3. The van der Waals surface area contributed by atoms with E-state index in [9.17, 15) is 0 Å². The van der Waals surface area contributed by atoms with Crippen LogP contribution in [0.3, 0.4) is 0 Å². The summed E-state index contributed by atoms with van der Waals surface area (Å²) in [5, 5.41) is 5.22. The molecule has 121 heavy (non-hydrogen) atoms. The van der Waals surface area contributed by atoms with Crippen molar-refractivity contribution in [1.29, 1.82) is 0 Å². The van der Waals surface area contributed by atoms with E-state index in [2.05, 4.69) is 575 Å². The third-order valence-electron chi connectivity index (χ3n) is 33.8. The van der Waals surface area contributed by atoms with Crippen molar-refractivity contribution in [2.45, 2.75) is 697 Å². The van der Waals surface area contributed by atoms with Crippen LogP contribution in [0.15, 0.2) is 0 Å². The molecule has 0 spiro atoms. The summed E-state index contributed by atoms with van der Waals surface area (Å²) < 4.78 is 0. The van der Waals surface area contributed by atoms with Crippen LogP contribution in [0, 0.1) is 14.4 Å². The van der Waals surface area contributed by atoms with Crippen LogP contribution in [0.1, 0.15) is 561 Å². The van der Waals surface area contributed by atoms with Crippen molar-refractivity contribution in [1.82, 2.24) is 0 Å². The summed E-state index contributed by atoms with van der Waals surface area (Å²) in [6.07, 6.45) is 0. The largest absolute Gasteiger partial charge is 6.00 e. The molecule has 10 heteroatoms. The van der Waals surface area contributed by atoms with E-state index in [0.29, 0.717) is 0 Å². The zero-order valence-corrected chi connectivity index (χ0v) is 111. The molecule has 0 rings (SSSR count). The summed E-state index contributed by atoms with van der Waals surface area (Å²) >= 11 is 0. The van der Waals surface area contributed by atoms with E-state index in [0.717, 1.165) is 0 Å².